The zero-order valence-electron chi connectivity index (χ0n) is 13.6. The first-order chi connectivity index (χ1) is 12.1. The number of carbonyl (C=O) groups is 1. The molecule has 0 radical (unpaired) electrons. The van der Waals surface area contributed by atoms with E-state index in [-0.39, 0.29) is 5.97 Å². The third-order valence-corrected chi connectivity index (χ3v) is 4.59. The van der Waals surface area contributed by atoms with Crippen molar-refractivity contribution < 1.29 is 9.53 Å². The highest BCUT2D eigenvalue weighted by Crippen LogP contribution is 2.21. The highest BCUT2D eigenvalue weighted by molar-refractivity contribution is 7.98. The van der Waals surface area contributed by atoms with Gasteiger partial charge in [0.15, 0.2) is 5.11 Å². The third kappa shape index (κ3) is 6.89. The van der Waals surface area contributed by atoms with Crippen LogP contribution in [0.4, 0.5) is 0 Å². The number of thiocarbonyl (C=S) groups is 1. The largest absolute Gasteiger partial charge is 0.469 e. The van der Waals surface area contributed by atoms with E-state index in [1.54, 1.807) is 11.0 Å². The van der Waals surface area contributed by atoms with E-state index in [1.807, 2.05) is 24.3 Å². The summed E-state index contributed by atoms with van der Waals surface area (Å²) in [5.41, 5.74) is 4.12. The lowest BCUT2D eigenvalue weighted by atomic mass is 10.2. The van der Waals surface area contributed by atoms with Crippen LogP contribution in [-0.4, -0.2) is 39.6 Å². The fourth-order valence-corrected chi connectivity index (χ4v) is 2.97. The topological polar surface area (TPSA) is 81.1 Å². The summed E-state index contributed by atoms with van der Waals surface area (Å²) in [6, 6.07) is 7.65. The van der Waals surface area contributed by atoms with Crippen LogP contribution in [0.15, 0.2) is 35.7 Å². The Morgan fingerprint density at radius 1 is 1.40 bits per heavy atom. The summed E-state index contributed by atoms with van der Waals surface area (Å²) in [7, 11) is 1.37. The van der Waals surface area contributed by atoms with Gasteiger partial charge >= 0.3 is 5.97 Å². The van der Waals surface area contributed by atoms with Gasteiger partial charge in [-0.25, -0.2) is 4.68 Å². The van der Waals surface area contributed by atoms with Gasteiger partial charge in [-0.3, -0.25) is 10.2 Å². The summed E-state index contributed by atoms with van der Waals surface area (Å²) in [5, 5.41) is 12.8. The monoisotopic (exact) mass is 399 g/mol. The van der Waals surface area contributed by atoms with Crippen LogP contribution in [0.2, 0.25) is 5.02 Å². The minimum atomic E-state index is -0.236. The maximum absolute atomic E-state index is 11.0. The van der Waals surface area contributed by atoms with Crippen molar-refractivity contribution in [2.75, 3.05) is 19.1 Å². The molecule has 7 nitrogen and oxygen atoms in total. The van der Waals surface area contributed by atoms with E-state index in [0.717, 1.165) is 11.3 Å². The van der Waals surface area contributed by atoms with Crippen molar-refractivity contribution in [2.45, 2.75) is 23.8 Å². The van der Waals surface area contributed by atoms with Gasteiger partial charge in [0.2, 0.25) is 5.16 Å². The molecule has 10 heteroatoms. The van der Waals surface area contributed by atoms with Crippen LogP contribution in [0.5, 0.6) is 0 Å². The Kier molecular flexibility index (Phi) is 7.96. The number of hydrogen-bond donors (Lipinski definition) is 2. The number of ether oxygens (including phenoxy) is 1. The molecule has 25 heavy (non-hydrogen) atoms. The molecule has 134 valence electrons. The maximum Gasteiger partial charge on any atom is 0.305 e. The van der Waals surface area contributed by atoms with Gasteiger partial charge in [0.05, 0.1) is 7.11 Å². The Labute approximate surface area is 160 Å². The van der Waals surface area contributed by atoms with E-state index in [0.29, 0.717) is 34.7 Å². The van der Waals surface area contributed by atoms with Gasteiger partial charge in [0.25, 0.3) is 0 Å². The average molecular weight is 400 g/mol. The first kappa shape index (κ1) is 19.5. The number of aromatic nitrogens is 3. The molecule has 0 unspecified atom stereocenters. The van der Waals surface area contributed by atoms with Crippen molar-refractivity contribution >= 4 is 46.7 Å². The molecule has 2 rings (SSSR count). The van der Waals surface area contributed by atoms with Crippen molar-refractivity contribution in [3.8, 4) is 0 Å². The SMILES string of the molecule is COC(=O)CCCNC(=S)Nn1cnnc1SCc1ccc(Cl)cc1. The Morgan fingerprint density at radius 3 is 2.88 bits per heavy atom. The molecule has 1 aromatic carbocycles. The summed E-state index contributed by atoms with van der Waals surface area (Å²) in [4.78, 5) is 11.0. The van der Waals surface area contributed by atoms with Gasteiger partial charge in [0.1, 0.15) is 6.33 Å². The lowest BCUT2D eigenvalue weighted by Gasteiger charge is -2.12. The number of halogens is 1. The van der Waals surface area contributed by atoms with Gasteiger partial charge in [-0.05, 0) is 36.3 Å². The molecule has 0 fully saturated rings. The Balaban J connectivity index is 1.77. The van der Waals surface area contributed by atoms with Gasteiger partial charge in [-0.15, -0.1) is 10.2 Å². The number of rotatable bonds is 8. The Bertz CT molecular complexity index is 708. The number of methoxy groups -OCH3 is 1. The first-order valence-electron chi connectivity index (χ1n) is 7.47. The Morgan fingerprint density at radius 2 is 2.16 bits per heavy atom. The third-order valence-electron chi connectivity index (χ3n) is 3.09. The quantitative estimate of drug-likeness (QED) is 0.303. The van der Waals surface area contributed by atoms with Gasteiger partial charge in [0, 0.05) is 23.7 Å². The van der Waals surface area contributed by atoms with Crippen LogP contribution in [0, 0.1) is 0 Å². The molecular formula is C15H18ClN5O2S2. The van der Waals surface area contributed by atoms with Crippen LogP contribution >= 0.6 is 35.6 Å². The van der Waals surface area contributed by atoms with Gasteiger partial charge in [-0.2, -0.15) is 0 Å². The van der Waals surface area contributed by atoms with Crippen molar-refractivity contribution in [1.82, 2.24) is 20.2 Å². The average Bonchev–Trinajstić information content (AvgIpc) is 3.05. The highest BCUT2D eigenvalue weighted by atomic mass is 35.5. The molecule has 0 bridgehead atoms. The summed E-state index contributed by atoms with van der Waals surface area (Å²) in [6.07, 6.45) is 2.53. The van der Waals surface area contributed by atoms with Crippen molar-refractivity contribution in [1.29, 1.82) is 0 Å². The summed E-state index contributed by atoms with van der Waals surface area (Å²) in [5.74, 6) is 0.497. The van der Waals surface area contributed by atoms with Crippen LogP contribution in [0.3, 0.4) is 0 Å². The van der Waals surface area contributed by atoms with E-state index in [4.69, 9.17) is 23.8 Å². The number of hydrogen-bond acceptors (Lipinski definition) is 6. The lowest BCUT2D eigenvalue weighted by Crippen LogP contribution is -2.34. The zero-order chi connectivity index (χ0) is 18.1. The number of nitrogens with one attached hydrogen (secondary N) is 2. The molecule has 0 spiro atoms. The fourth-order valence-electron chi connectivity index (χ4n) is 1.81. The van der Waals surface area contributed by atoms with Crippen LogP contribution < -0.4 is 10.7 Å². The van der Waals surface area contributed by atoms with E-state index in [9.17, 15) is 4.79 Å². The second-order valence-electron chi connectivity index (χ2n) is 4.95. The van der Waals surface area contributed by atoms with Crippen LogP contribution in [-0.2, 0) is 15.3 Å². The van der Waals surface area contributed by atoms with Crippen molar-refractivity contribution in [3.63, 3.8) is 0 Å². The minimum absolute atomic E-state index is 0.236. The van der Waals surface area contributed by atoms with Crippen molar-refractivity contribution in [3.05, 3.63) is 41.2 Å². The summed E-state index contributed by atoms with van der Waals surface area (Å²) in [6.45, 7) is 0.566. The predicted octanol–water partition coefficient (Wildman–Crippen LogP) is 2.59. The van der Waals surface area contributed by atoms with E-state index < -0.39 is 0 Å². The molecule has 0 aliphatic carbocycles. The van der Waals surface area contributed by atoms with Crippen molar-refractivity contribution in [2.24, 2.45) is 0 Å². The number of benzene rings is 1. The summed E-state index contributed by atoms with van der Waals surface area (Å²) < 4.78 is 6.23. The highest BCUT2D eigenvalue weighted by Gasteiger charge is 2.07. The smallest absolute Gasteiger partial charge is 0.305 e. The molecule has 1 heterocycles. The molecule has 0 saturated heterocycles. The molecular weight excluding hydrogens is 382 g/mol. The molecule has 0 saturated carbocycles. The molecule has 0 aliphatic rings. The molecule has 2 N–H and O–H groups in total. The number of carbonyl (C=O) groups excluding carboxylic acids is 1. The van der Waals surface area contributed by atoms with Crippen LogP contribution in [0.25, 0.3) is 0 Å². The normalized spacial score (nSPS) is 10.3. The molecule has 0 atom stereocenters. The number of thioether (sulfide) groups is 1. The minimum Gasteiger partial charge on any atom is -0.469 e. The maximum atomic E-state index is 11.0. The standard InChI is InChI=1S/C15H18ClN5O2S2/c1-23-13(22)3-2-8-17-14(24)20-21-10-18-19-15(21)25-9-11-4-6-12(16)7-5-11/h4-7,10H,2-3,8-9H2,1H3,(H2,17,20,24). The number of esters is 1. The lowest BCUT2D eigenvalue weighted by molar-refractivity contribution is -0.140. The zero-order valence-corrected chi connectivity index (χ0v) is 16.0. The van der Waals surface area contributed by atoms with Gasteiger partial charge < -0.3 is 10.1 Å². The van der Waals surface area contributed by atoms with E-state index in [1.165, 1.54) is 18.9 Å². The Hall–Kier alpha value is -1.84. The fraction of sp³-hybridized carbons (Fsp3) is 0.333. The van der Waals surface area contributed by atoms with Crippen LogP contribution in [0.1, 0.15) is 18.4 Å². The van der Waals surface area contributed by atoms with E-state index in [2.05, 4.69) is 25.7 Å². The molecule has 0 aliphatic heterocycles. The van der Waals surface area contributed by atoms with Gasteiger partial charge in [-0.1, -0.05) is 35.5 Å². The summed E-state index contributed by atoms with van der Waals surface area (Å²) >= 11 is 12.6. The first-order valence-corrected chi connectivity index (χ1v) is 9.24. The number of nitrogens with zero attached hydrogens (tertiary/aromatic N) is 3. The van der Waals surface area contributed by atoms with E-state index >= 15 is 0 Å². The molecule has 2 aromatic rings. The second-order valence-corrected chi connectivity index (χ2v) is 6.73. The second kappa shape index (κ2) is 10.2. The predicted molar refractivity (Wildman–Crippen MR) is 102 cm³/mol. The molecule has 1 aromatic heterocycles. The molecule has 0 amide bonds.